The molecule has 0 atom stereocenters. The van der Waals surface area contributed by atoms with Crippen LogP contribution in [0.5, 0.6) is 0 Å². The van der Waals surface area contributed by atoms with E-state index in [0.29, 0.717) is 11.1 Å². The summed E-state index contributed by atoms with van der Waals surface area (Å²) in [5.41, 5.74) is 0.897. The van der Waals surface area contributed by atoms with Crippen LogP contribution in [0.3, 0.4) is 0 Å². The largest absolute Gasteiger partial charge is 0.440 e. The van der Waals surface area contributed by atoms with Crippen LogP contribution in [-0.2, 0) is 4.74 Å². The number of carbonyl (C=O) groups is 3. The number of hydrogen-bond donors (Lipinski definition) is 0. The van der Waals surface area contributed by atoms with E-state index in [9.17, 15) is 14.4 Å². The summed E-state index contributed by atoms with van der Waals surface area (Å²) in [4.78, 5) is 40.6. The number of rotatable bonds is 3. The molecule has 1 aliphatic heterocycles. The molecule has 0 unspecified atom stereocenters. The first-order chi connectivity index (χ1) is 10.2. The Labute approximate surface area is 120 Å². The highest BCUT2D eigenvalue weighted by atomic mass is 16.5. The number of amides is 2. The van der Waals surface area contributed by atoms with Gasteiger partial charge in [0.1, 0.15) is 0 Å². The average Bonchev–Trinajstić information content (AvgIpc) is 2.78. The van der Waals surface area contributed by atoms with Crippen LogP contribution >= 0.6 is 0 Å². The number of hydrogen-bond acceptors (Lipinski definition) is 5. The van der Waals surface area contributed by atoms with Crippen molar-refractivity contribution in [2.75, 3.05) is 6.73 Å². The molecule has 0 saturated carbocycles. The van der Waals surface area contributed by atoms with Crippen molar-refractivity contribution in [1.29, 1.82) is 0 Å². The number of benzene rings is 1. The second-order valence-electron chi connectivity index (χ2n) is 4.39. The van der Waals surface area contributed by atoms with Crippen LogP contribution < -0.4 is 0 Å². The van der Waals surface area contributed by atoms with Crippen molar-refractivity contribution in [1.82, 2.24) is 9.88 Å². The van der Waals surface area contributed by atoms with Gasteiger partial charge in [0, 0.05) is 12.4 Å². The number of imide groups is 1. The fraction of sp³-hybridized carbons (Fsp3) is 0.0667. The van der Waals surface area contributed by atoms with Crippen LogP contribution in [0.15, 0.2) is 48.8 Å². The molecular weight excluding hydrogens is 272 g/mol. The maximum atomic E-state index is 12.1. The van der Waals surface area contributed by atoms with Crippen molar-refractivity contribution >= 4 is 17.8 Å². The van der Waals surface area contributed by atoms with Crippen LogP contribution in [0, 0.1) is 0 Å². The van der Waals surface area contributed by atoms with E-state index in [1.165, 1.54) is 18.5 Å². The standard InChI is InChI=1S/C15H10N2O4/c18-13-11-5-1-2-6-12(11)14(19)17(13)9-21-15(20)10-4-3-7-16-8-10/h1-8H,9H2. The van der Waals surface area contributed by atoms with E-state index in [4.69, 9.17) is 4.74 Å². The number of fused-ring (bicyclic) bond motifs is 1. The molecule has 21 heavy (non-hydrogen) atoms. The van der Waals surface area contributed by atoms with Gasteiger partial charge in [0.05, 0.1) is 16.7 Å². The lowest BCUT2D eigenvalue weighted by molar-refractivity contribution is 0.0228. The van der Waals surface area contributed by atoms with Gasteiger partial charge < -0.3 is 4.74 Å². The van der Waals surface area contributed by atoms with Crippen molar-refractivity contribution in [3.05, 3.63) is 65.5 Å². The second-order valence-corrected chi connectivity index (χ2v) is 4.39. The van der Waals surface area contributed by atoms with Gasteiger partial charge in [-0.25, -0.2) is 9.69 Å². The van der Waals surface area contributed by atoms with Gasteiger partial charge in [-0.2, -0.15) is 0 Å². The lowest BCUT2D eigenvalue weighted by Crippen LogP contribution is -2.33. The first kappa shape index (κ1) is 13.0. The Morgan fingerprint density at radius 2 is 1.71 bits per heavy atom. The molecule has 0 fully saturated rings. The molecule has 6 nitrogen and oxygen atoms in total. The van der Waals surface area contributed by atoms with Gasteiger partial charge in [0.15, 0.2) is 6.73 Å². The highest BCUT2D eigenvalue weighted by Gasteiger charge is 2.35. The third-order valence-corrected chi connectivity index (χ3v) is 3.10. The predicted molar refractivity (Wildman–Crippen MR) is 71.5 cm³/mol. The lowest BCUT2D eigenvalue weighted by atomic mass is 10.1. The number of ether oxygens (including phenoxy) is 1. The first-order valence-corrected chi connectivity index (χ1v) is 6.21. The Morgan fingerprint density at radius 3 is 2.29 bits per heavy atom. The normalized spacial score (nSPS) is 13.2. The van der Waals surface area contributed by atoms with E-state index in [0.717, 1.165) is 4.90 Å². The van der Waals surface area contributed by atoms with Gasteiger partial charge >= 0.3 is 5.97 Å². The summed E-state index contributed by atoms with van der Waals surface area (Å²) >= 11 is 0. The maximum Gasteiger partial charge on any atom is 0.341 e. The van der Waals surface area contributed by atoms with Gasteiger partial charge in [-0.1, -0.05) is 12.1 Å². The van der Waals surface area contributed by atoms with E-state index >= 15 is 0 Å². The summed E-state index contributed by atoms with van der Waals surface area (Å²) in [6.45, 7) is -0.417. The molecule has 2 heterocycles. The van der Waals surface area contributed by atoms with E-state index in [2.05, 4.69) is 4.98 Å². The van der Waals surface area contributed by atoms with E-state index in [1.807, 2.05) is 0 Å². The van der Waals surface area contributed by atoms with Gasteiger partial charge in [0.25, 0.3) is 11.8 Å². The topological polar surface area (TPSA) is 76.6 Å². The Kier molecular flexibility index (Phi) is 3.19. The van der Waals surface area contributed by atoms with Gasteiger partial charge in [-0.05, 0) is 24.3 Å². The van der Waals surface area contributed by atoms with Gasteiger partial charge in [-0.15, -0.1) is 0 Å². The zero-order chi connectivity index (χ0) is 14.8. The molecule has 1 aromatic heterocycles. The molecule has 104 valence electrons. The minimum Gasteiger partial charge on any atom is -0.440 e. The monoisotopic (exact) mass is 282 g/mol. The summed E-state index contributed by atoms with van der Waals surface area (Å²) in [6, 6.07) is 9.62. The fourth-order valence-electron chi connectivity index (χ4n) is 2.05. The molecule has 1 aliphatic rings. The molecule has 1 aromatic carbocycles. The number of nitrogens with zero attached hydrogens (tertiary/aromatic N) is 2. The highest BCUT2D eigenvalue weighted by molar-refractivity contribution is 6.21. The molecule has 0 saturated heterocycles. The van der Waals surface area contributed by atoms with Crippen LogP contribution in [-0.4, -0.2) is 34.4 Å². The van der Waals surface area contributed by atoms with Crippen molar-refractivity contribution in [3.63, 3.8) is 0 Å². The summed E-state index contributed by atoms with van der Waals surface area (Å²) in [5, 5.41) is 0. The summed E-state index contributed by atoms with van der Waals surface area (Å²) in [5.74, 6) is -1.57. The molecule has 0 radical (unpaired) electrons. The zero-order valence-electron chi connectivity index (χ0n) is 10.9. The van der Waals surface area contributed by atoms with E-state index in [1.54, 1.807) is 30.3 Å². The van der Waals surface area contributed by atoms with Crippen molar-refractivity contribution < 1.29 is 19.1 Å². The van der Waals surface area contributed by atoms with Crippen LogP contribution in [0.1, 0.15) is 31.1 Å². The molecule has 3 rings (SSSR count). The van der Waals surface area contributed by atoms with Crippen LogP contribution in [0.4, 0.5) is 0 Å². The molecule has 0 spiro atoms. The number of esters is 1. The minimum absolute atomic E-state index is 0.258. The predicted octanol–water partition coefficient (Wildman–Crippen LogP) is 1.49. The molecule has 6 heteroatoms. The summed E-state index contributed by atoms with van der Waals surface area (Å²) in [7, 11) is 0. The van der Waals surface area contributed by atoms with E-state index < -0.39 is 24.5 Å². The smallest absolute Gasteiger partial charge is 0.341 e. The highest BCUT2D eigenvalue weighted by Crippen LogP contribution is 2.22. The van der Waals surface area contributed by atoms with Crippen LogP contribution in [0.2, 0.25) is 0 Å². The molecule has 0 N–H and O–H groups in total. The van der Waals surface area contributed by atoms with Crippen molar-refractivity contribution in [2.45, 2.75) is 0 Å². The molecule has 0 aliphatic carbocycles. The Morgan fingerprint density at radius 1 is 1.05 bits per heavy atom. The number of aromatic nitrogens is 1. The molecule has 2 aromatic rings. The third-order valence-electron chi connectivity index (χ3n) is 3.10. The van der Waals surface area contributed by atoms with Gasteiger partial charge in [0.2, 0.25) is 0 Å². The SMILES string of the molecule is O=C(OCN1C(=O)c2ccccc2C1=O)c1cccnc1. The third kappa shape index (κ3) is 2.27. The minimum atomic E-state index is -0.639. The van der Waals surface area contributed by atoms with Crippen LogP contribution in [0.25, 0.3) is 0 Å². The number of pyridine rings is 1. The second kappa shape index (κ2) is 5.16. The van der Waals surface area contributed by atoms with Crippen molar-refractivity contribution in [2.24, 2.45) is 0 Å². The molecular formula is C15H10N2O4. The maximum absolute atomic E-state index is 12.1. The summed E-state index contributed by atoms with van der Waals surface area (Å²) in [6.07, 6.45) is 2.88. The van der Waals surface area contributed by atoms with Crippen molar-refractivity contribution in [3.8, 4) is 0 Å². The quantitative estimate of drug-likeness (QED) is 0.629. The average molecular weight is 282 g/mol. The fourth-order valence-corrected chi connectivity index (χ4v) is 2.05. The number of carbonyl (C=O) groups excluding carboxylic acids is 3. The van der Waals surface area contributed by atoms with E-state index in [-0.39, 0.29) is 5.56 Å². The summed E-state index contributed by atoms with van der Waals surface area (Å²) < 4.78 is 4.99. The Bertz CT molecular complexity index is 692. The Hall–Kier alpha value is -3.02. The molecule has 2 amide bonds. The Balaban J connectivity index is 1.72. The molecule has 0 bridgehead atoms. The first-order valence-electron chi connectivity index (χ1n) is 6.21. The zero-order valence-corrected chi connectivity index (χ0v) is 10.9. The van der Waals surface area contributed by atoms with Gasteiger partial charge in [-0.3, -0.25) is 14.6 Å². The lowest BCUT2D eigenvalue weighted by Gasteiger charge is -2.13.